The molecular formula is C24H19N3S2. The summed E-state index contributed by atoms with van der Waals surface area (Å²) in [5.41, 5.74) is 4.84. The third-order valence-corrected chi connectivity index (χ3v) is 6.00. The van der Waals surface area contributed by atoms with Crippen LogP contribution in [0.25, 0.3) is 16.5 Å². The number of thiophene rings is 1. The van der Waals surface area contributed by atoms with Gasteiger partial charge in [0.1, 0.15) is 6.33 Å². The number of benzene rings is 2. The van der Waals surface area contributed by atoms with Gasteiger partial charge in [0.15, 0.2) is 0 Å². The number of aromatic nitrogens is 2. The molecule has 0 spiro atoms. The fourth-order valence-corrected chi connectivity index (χ4v) is 4.19. The predicted octanol–water partition coefficient (Wildman–Crippen LogP) is 6.59. The van der Waals surface area contributed by atoms with E-state index in [1.165, 1.54) is 38.4 Å². The molecule has 3 nitrogen and oxygen atoms in total. The molecule has 5 rings (SSSR count). The van der Waals surface area contributed by atoms with Gasteiger partial charge in [0.25, 0.3) is 0 Å². The van der Waals surface area contributed by atoms with Crippen molar-refractivity contribution in [2.45, 2.75) is 11.3 Å². The summed E-state index contributed by atoms with van der Waals surface area (Å²) in [6.07, 6.45) is 10.1. The molecule has 0 bridgehead atoms. The van der Waals surface area contributed by atoms with E-state index in [9.17, 15) is 0 Å². The summed E-state index contributed by atoms with van der Waals surface area (Å²) in [7, 11) is 0. The van der Waals surface area contributed by atoms with Gasteiger partial charge in [-0.25, -0.2) is 14.4 Å². The van der Waals surface area contributed by atoms with Crippen LogP contribution in [-0.4, -0.2) is 16.2 Å². The van der Waals surface area contributed by atoms with Gasteiger partial charge in [0, 0.05) is 46.2 Å². The van der Waals surface area contributed by atoms with Gasteiger partial charge in [0.2, 0.25) is 0 Å². The Kier molecular flexibility index (Phi) is 6.63. The Balaban J connectivity index is 0.000000159. The molecule has 142 valence electrons. The number of fused-ring (bicyclic) bond motifs is 1. The molecule has 29 heavy (non-hydrogen) atoms. The number of hydrogen-bond acceptors (Lipinski definition) is 5. The van der Waals surface area contributed by atoms with Crippen LogP contribution in [0.4, 0.5) is 0 Å². The molecule has 4 aromatic rings. The Morgan fingerprint density at radius 1 is 0.862 bits per heavy atom. The molecule has 0 fully saturated rings. The number of hydrogen-bond donors (Lipinski definition) is 0. The van der Waals surface area contributed by atoms with Crippen LogP contribution < -0.4 is 0 Å². The summed E-state index contributed by atoms with van der Waals surface area (Å²) in [6.45, 7) is 0. The molecule has 0 atom stereocenters. The SMILES string of the molecule is C1=Cc2ccccc2SN=C1.c1csc(-c2ccc(Cc3ccncn3)cc2)c1. The van der Waals surface area contributed by atoms with E-state index in [1.54, 1.807) is 23.9 Å². The van der Waals surface area contributed by atoms with E-state index >= 15 is 0 Å². The first-order valence-electron chi connectivity index (χ1n) is 9.22. The van der Waals surface area contributed by atoms with Crippen LogP contribution in [0.2, 0.25) is 0 Å². The monoisotopic (exact) mass is 413 g/mol. The highest BCUT2D eigenvalue weighted by atomic mass is 32.2. The minimum absolute atomic E-state index is 0.854. The van der Waals surface area contributed by atoms with Crippen molar-refractivity contribution < 1.29 is 0 Å². The lowest BCUT2D eigenvalue weighted by atomic mass is 10.1. The highest BCUT2D eigenvalue weighted by Gasteiger charge is 2.01. The first kappa shape index (κ1) is 19.3. The molecule has 2 aromatic heterocycles. The van der Waals surface area contributed by atoms with Gasteiger partial charge in [0.05, 0.1) is 0 Å². The van der Waals surface area contributed by atoms with Crippen molar-refractivity contribution in [1.82, 2.24) is 9.97 Å². The maximum absolute atomic E-state index is 4.24. The predicted molar refractivity (Wildman–Crippen MR) is 124 cm³/mol. The average Bonchev–Trinajstić information content (AvgIpc) is 3.21. The molecule has 1 aliphatic heterocycles. The Morgan fingerprint density at radius 2 is 1.76 bits per heavy atom. The molecule has 1 aliphatic rings. The van der Waals surface area contributed by atoms with E-state index in [4.69, 9.17) is 0 Å². The second-order valence-electron chi connectivity index (χ2n) is 6.29. The first-order valence-corrected chi connectivity index (χ1v) is 10.9. The molecule has 0 amide bonds. The zero-order valence-electron chi connectivity index (χ0n) is 15.7. The molecule has 0 saturated heterocycles. The fraction of sp³-hybridized carbons (Fsp3) is 0.0417. The van der Waals surface area contributed by atoms with Gasteiger partial charge in [-0.05, 0) is 46.3 Å². The minimum Gasteiger partial charge on any atom is -0.245 e. The van der Waals surface area contributed by atoms with E-state index in [2.05, 4.69) is 74.4 Å². The number of allylic oxidation sites excluding steroid dienone is 1. The molecular weight excluding hydrogens is 394 g/mol. The first-order chi connectivity index (χ1) is 14.4. The normalized spacial score (nSPS) is 11.9. The molecule has 0 N–H and O–H groups in total. The standard InChI is InChI=1S/C15H12N2S.C9H7NS/c1-2-15(18-9-1)13-5-3-12(4-6-13)10-14-7-8-16-11-17-14;1-2-6-9-8(4-1)5-3-7-10-11-9/h1-9,11H,10H2;1-7H. The molecule has 0 radical (unpaired) electrons. The summed E-state index contributed by atoms with van der Waals surface area (Å²) in [5.74, 6) is 0. The van der Waals surface area contributed by atoms with Crippen molar-refractivity contribution in [3.8, 4) is 10.4 Å². The van der Waals surface area contributed by atoms with Crippen LogP contribution in [0.1, 0.15) is 16.8 Å². The Hall–Kier alpha value is -3.02. The Morgan fingerprint density at radius 3 is 2.55 bits per heavy atom. The van der Waals surface area contributed by atoms with Gasteiger partial charge in [-0.1, -0.05) is 54.6 Å². The van der Waals surface area contributed by atoms with Crippen LogP contribution in [0.3, 0.4) is 0 Å². The number of rotatable bonds is 3. The maximum Gasteiger partial charge on any atom is 0.115 e. The van der Waals surface area contributed by atoms with Crippen molar-refractivity contribution in [2.24, 2.45) is 4.40 Å². The minimum atomic E-state index is 0.854. The average molecular weight is 414 g/mol. The van der Waals surface area contributed by atoms with Crippen molar-refractivity contribution in [3.63, 3.8) is 0 Å². The largest absolute Gasteiger partial charge is 0.245 e. The molecule has 0 aliphatic carbocycles. The smallest absolute Gasteiger partial charge is 0.115 e. The summed E-state index contributed by atoms with van der Waals surface area (Å²) in [6, 6.07) is 23.1. The third kappa shape index (κ3) is 5.50. The molecule has 2 aromatic carbocycles. The Labute approximate surface area is 179 Å². The topological polar surface area (TPSA) is 38.1 Å². The van der Waals surface area contributed by atoms with Crippen molar-refractivity contribution in [3.05, 3.63) is 108 Å². The highest BCUT2D eigenvalue weighted by molar-refractivity contribution is 7.98. The fourth-order valence-electron chi connectivity index (χ4n) is 2.83. The van der Waals surface area contributed by atoms with Crippen LogP contribution in [0.15, 0.2) is 100 Å². The summed E-state index contributed by atoms with van der Waals surface area (Å²) >= 11 is 3.28. The van der Waals surface area contributed by atoms with Crippen LogP contribution in [-0.2, 0) is 6.42 Å². The summed E-state index contributed by atoms with van der Waals surface area (Å²) in [5, 5.41) is 2.10. The van der Waals surface area contributed by atoms with E-state index in [0.717, 1.165) is 12.1 Å². The van der Waals surface area contributed by atoms with Crippen molar-refractivity contribution in [2.75, 3.05) is 0 Å². The van der Waals surface area contributed by atoms with Crippen molar-refractivity contribution in [1.29, 1.82) is 0 Å². The van der Waals surface area contributed by atoms with Gasteiger partial charge in [-0.2, -0.15) is 0 Å². The van der Waals surface area contributed by atoms with E-state index in [0.29, 0.717) is 0 Å². The molecule has 0 unspecified atom stereocenters. The van der Waals surface area contributed by atoms with Crippen LogP contribution >= 0.6 is 23.3 Å². The molecule has 3 heterocycles. The van der Waals surface area contributed by atoms with Gasteiger partial charge in [-0.15, -0.1) is 11.3 Å². The van der Waals surface area contributed by atoms with Gasteiger partial charge >= 0.3 is 0 Å². The highest BCUT2D eigenvalue weighted by Crippen LogP contribution is 2.26. The van der Waals surface area contributed by atoms with E-state index < -0.39 is 0 Å². The summed E-state index contributed by atoms with van der Waals surface area (Å²) < 4.78 is 4.12. The number of nitrogens with zero attached hydrogens (tertiary/aromatic N) is 3. The van der Waals surface area contributed by atoms with Gasteiger partial charge in [-0.3, -0.25) is 0 Å². The lowest BCUT2D eigenvalue weighted by Gasteiger charge is -2.02. The van der Waals surface area contributed by atoms with Gasteiger partial charge < -0.3 is 0 Å². The molecule has 0 saturated carbocycles. The lowest BCUT2D eigenvalue weighted by molar-refractivity contribution is 1.03. The zero-order valence-corrected chi connectivity index (χ0v) is 17.3. The van der Waals surface area contributed by atoms with Crippen molar-refractivity contribution >= 4 is 35.6 Å². The maximum atomic E-state index is 4.24. The van der Waals surface area contributed by atoms with E-state index in [1.807, 2.05) is 30.5 Å². The Bertz CT molecular complexity index is 1090. The second kappa shape index (κ2) is 9.96. The van der Waals surface area contributed by atoms with Crippen LogP contribution in [0, 0.1) is 0 Å². The third-order valence-electron chi connectivity index (χ3n) is 4.28. The van der Waals surface area contributed by atoms with E-state index in [-0.39, 0.29) is 0 Å². The quantitative estimate of drug-likeness (QED) is 0.356. The summed E-state index contributed by atoms with van der Waals surface area (Å²) in [4.78, 5) is 10.7. The lowest BCUT2D eigenvalue weighted by Crippen LogP contribution is -1.91. The second-order valence-corrected chi connectivity index (χ2v) is 8.08. The van der Waals surface area contributed by atoms with Crippen LogP contribution in [0.5, 0.6) is 0 Å². The molecule has 5 heteroatoms. The zero-order chi connectivity index (χ0) is 19.7.